The maximum Gasteiger partial charge on any atom is 0.227 e. The SMILES string of the molecule is Cc1noc(C)c1COc1ccc(CC(=O)N(C)C(C)c2ccc(F)c(F)c2)cc1. The number of aryl methyl sites for hydroxylation is 2. The predicted molar refractivity (Wildman–Crippen MR) is 108 cm³/mol. The zero-order valence-electron chi connectivity index (χ0n) is 17.4. The van der Waals surface area contributed by atoms with Crippen LogP contribution in [0.25, 0.3) is 0 Å². The van der Waals surface area contributed by atoms with E-state index in [1.54, 1.807) is 26.1 Å². The van der Waals surface area contributed by atoms with Crippen LogP contribution in [-0.2, 0) is 17.8 Å². The van der Waals surface area contributed by atoms with Crippen LogP contribution >= 0.6 is 0 Å². The molecule has 1 unspecified atom stereocenters. The molecule has 0 aliphatic heterocycles. The van der Waals surface area contributed by atoms with Gasteiger partial charge in [0.1, 0.15) is 18.1 Å². The van der Waals surface area contributed by atoms with E-state index in [-0.39, 0.29) is 18.4 Å². The van der Waals surface area contributed by atoms with Crippen molar-refractivity contribution in [3.8, 4) is 5.75 Å². The minimum absolute atomic E-state index is 0.128. The fraction of sp³-hybridized carbons (Fsp3) is 0.304. The summed E-state index contributed by atoms with van der Waals surface area (Å²) in [5.74, 6) is -0.553. The molecule has 1 aromatic heterocycles. The molecule has 2 aromatic carbocycles. The summed E-state index contributed by atoms with van der Waals surface area (Å²) in [6.45, 7) is 5.83. The Morgan fingerprint density at radius 2 is 1.83 bits per heavy atom. The molecule has 3 aromatic rings. The Hall–Kier alpha value is -3.22. The van der Waals surface area contributed by atoms with Crippen molar-refractivity contribution in [3.63, 3.8) is 0 Å². The topological polar surface area (TPSA) is 55.6 Å². The molecule has 0 saturated carbocycles. The molecule has 0 aliphatic carbocycles. The number of carbonyl (C=O) groups is 1. The molecule has 158 valence electrons. The summed E-state index contributed by atoms with van der Waals surface area (Å²) in [5.41, 5.74) is 3.08. The zero-order valence-corrected chi connectivity index (χ0v) is 17.4. The van der Waals surface area contributed by atoms with Gasteiger partial charge in [-0.05, 0) is 56.2 Å². The van der Waals surface area contributed by atoms with E-state index in [9.17, 15) is 13.6 Å². The van der Waals surface area contributed by atoms with Crippen molar-refractivity contribution in [2.45, 2.75) is 39.8 Å². The highest BCUT2D eigenvalue weighted by Crippen LogP contribution is 2.22. The third kappa shape index (κ3) is 4.84. The second kappa shape index (κ2) is 9.07. The summed E-state index contributed by atoms with van der Waals surface area (Å²) < 4.78 is 37.5. The van der Waals surface area contributed by atoms with Crippen molar-refractivity contribution in [1.82, 2.24) is 10.1 Å². The number of aromatic nitrogens is 1. The second-order valence-electron chi connectivity index (χ2n) is 7.27. The highest BCUT2D eigenvalue weighted by atomic mass is 19.2. The molecule has 5 nitrogen and oxygen atoms in total. The van der Waals surface area contributed by atoms with Crippen LogP contribution in [0.3, 0.4) is 0 Å². The molecular weight excluding hydrogens is 390 g/mol. The molecule has 0 spiro atoms. The summed E-state index contributed by atoms with van der Waals surface area (Å²) in [6, 6.07) is 10.6. The number of ether oxygens (including phenoxy) is 1. The third-order valence-corrected chi connectivity index (χ3v) is 5.24. The molecule has 0 fully saturated rings. The Bertz CT molecular complexity index is 1010. The van der Waals surface area contributed by atoms with Crippen LogP contribution in [-0.4, -0.2) is 23.0 Å². The van der Waals surface area contributed by atoms with E-state index in [4.69, 9.17) is 9.26 Å². The first-order chi connectivity index (χ1) is 14.3. The lowest BCUT2D eigenvalue weighted by atomic mass is 10.1. The lowest BCUT2D eigenvalue weighted by molar-refractivity contribution is -0.131. The summed E-state index contributed by atoms with van der Waals surface area (Å²) in [7, 11) is 1.65. The summed E-state index contributed by atoms with van der Waals surface area (Å²) in [6.07, 6.45) is 0.189. The number of nitrogens with zero attached hydrogens (tertiary/aromatic N) is 2. The molecule has 1 amide bonds. The largest absolute Gasteiger partial charge is 0.489 e. The van der Waals surface area contributed by atoms with Gasteiger partial charge >= 0.3 is 0 Å². The maximum absolute atomic E-state index is 13.5. The summed E-state index contributed by atoms with van der Waals surface area (Å²) in [5, 5.41) is 3.90. The van der Waals surface area contributed by atoms with E-state index >= 15 is 0 Å². The van der Waals surface area contributed by atoms with Crippen LogP contribution in [0, 0.1) is 25.5 Å². The van der Waals surface area contributed by atoms with Gasteiger partial charge in [0.05, 0.1) is 23.7 Å². The van der Waals surface area contributed by atoms with Gasteiger partial charge in [0.2, 0.25) is 5.91 Å². The van der Waals surface area contributed by atoms with Crippen LogP contribution in [0.1, 0.15) is 41.1 Å². The van der Waals surface area contributed by atoms with Gasteiger partial charge in [-0.3, -0.25) is 4.79 Å². The molecule has 0 radical (unpaired) electrons. The van der Waals surface area contributed by atoms with Crippen molar-refractivity contribution in [1.29, 1.82) is 0 Å². The summed E-state index contributed by atoms with van der Waals surface area (Å²) in [4.78, 5) is 14.2. The number of benzene rings is 2. The molecular formula is C23H24F2N2O3. The fourth-order valence-electron chi connectivity index (χ4n) is 3.08. The van der Waals surface area contributed by atoms with Gasteiger partial charge in [-0.25, -0.2) is 8.78 Å². The minimum atomic E-state index is -0.924. The number of rotatable bonds is 7. The molecule has 0 N–H and O–H groups in total. The molecule has 0 saturated heterocycles. The zero-order chi connectivity index (χ0) is 21.8. The molecule has 1 heterocycles. The van der Waals surface area contributed by atoms with Crippen LogP contribution in [0.5, 0.6) is 5.75 Å². The number of hydrogen-bond acceptors (Lipinski definition) is 4. The average Bonchev–Trinajstić information content (AvgIpc) is 3.05. The Balaban J connectivity index is 1.58. The maximum atomic E-state index is 13.5. The van der Waals surface area contributed by atoms with Crippen molar-refractivity contribution < 1.29 is 22.8 Å². The van der Waals surface area contributed by atoms with Crippen molar-refractivity contribution in [3.05, 3.63) is 82.2 Å². The van der Waals surface area contributed by atoms with Crippen molar-refractivity contribution >= 4 is 5.91 Å². The van der Waals surface area contributed by atoms with E-state index in [1.807, 2.05) is 26.0 Å². The van der Waals surface area contributed by atoms with Crippen LogP contribution in [0.2, 0.25) is 0 Å². The van der Waals surface area contributed by atoms with E-state index < -0.39 is 11.6 Å². The number of likely N-dealkylation sites (N-methyl/N-ethyl adjacent to an activating group) is 1. The highest BCUT2D eigenvalue weighted by Gasteiger charge is 2.19. The molecule has 0 bridgehead atoms. The Labute approximate surface area is 174 Å². The first kappa shape index (κ1) is 21.5. The monoisotopic (exact) mass is 414 g/mol. The van der Waals surface area contributed by atoms with E-state index in [1.165, 1.54) is 11.0 Å². The first-order valence-electron chi connectivity index (χ1n) is 9.60. The molecule has 7 heteroatoms. The normalized spacial score (nSPS) is 11.9. The standard InChI is InChI=1S/C23H24F2N2O3/c1-14-20(16(3)30-26-14)13-29-19-8-5-17(6-9-19)11-23(28)27(4)15(2)18-7-10-21(24)22(25)12-18/h5-10,12,15H,11,13H2,1-4H3. The summed E-state index contributed by atoms with van der Waals surface area (Å²) >= 11 is 0. The van der Waals surface area contributed by atoms with Gasteiger partial charge in [-0.1, -0.05) is 23.4 Å². The Morgan fingerprint density at radius 1 is 1.13 bits per heavy atom. The molecule has 3 rings (SSSR count). The van der Waals surface area contributed by atoms with Crippen LogP contribution in [0.4, 0.5) is 8.78 Å². The lowest BCUT2D eigenvalue weighted by Crippen LogP contribution is -2.31. The molecule has 0 aliphatic rings. The van der Waals surface area contributed by atoms with E-state index in [2.05, 4.69) is 5.16 Å². The first-order valence-corrected chi connectivity index (χ1v) is 9.60. The van der Waals surface area contributed by atoms with Gasteiger partial charge in [0, 0.05) is 7.05 Å². The van der Waals surface area contributed by atoms with Crippen molar-refractivity contribution in [2.24, 2.45) is 0 Å². The van der Waals surface area contributed by atoms with Gasteiger partial charge < -0.3 is 14.2 Å². The lowest BCUT2D eigenvalue weighted by Gasteiger charge is -2.25. The van der Waals surface area contributed by atoms with Crippen LogP contribution < -0.4 is 4.74 Å². The van der Waals surface area contributed by atoms with Gasteiger partial charge in [-0.15, -0.1) is 0 Å². The van der Waals surface area contributed by atoms with Crippen molar-refractivity contribution in [2.75, 3.05) is 7.05 Å². The predicted octanol–water partition coefficient (Wildman–Crippen LogP) is 4.91. The molecule has 30 heavy (non-hydrogen) atoms. The Morgan fingerprint density at radius 3 is 2.43 bits per heavy atom. The quantitative estimate of drug-likeness (QED) is 0.551. The number of halogens is 2. The van der Waals surface area contributed by atoms with Crippen LogP contribution in [0.15, 0.2) is 47.0 Å². The fourth-order valence-corrected chi connectivity index (χ4v) is 3.08. The third-order valence-electron chi connectivity index (χ3n) is 5.24. The number of carbonyl (C=O) groups excluding carboxylic acids is 1. The van der Waals surface area contributed by atoms with E-state index in [0.29, 0.717) is 17.9 Å². The average molecular weight is 414 g/mol. The molecule has 1 atom stereocenters. The van der Waals surface area contributed by atoms with E-state index in [0.717, 1.165) is 34.7 Å². The number of hydrogen-bond donors (Lipinski definition) is 0. The number of amides is 1. The van der Waals surface area contributed by atoms with Gasteiger partial charge in [0.25, 0.3) is 0 Å². The minimum Gasteiger partial charge on any atom is -0.489 e. The highest BCUT2D eigenvalue weighted by molar-refractivity contribution is 5.79. The van der Waals surface area contributed by atoms with Gasteiger partial charge in [-0.2, -0.15) is 0 Å². The van der Waals surface area contributed by atoms with Gasteiger partial charge in [0.15, 0.2) is 11.6 Å². The second-order valence-corrected chi connectivity index (χ2v) is 7.27. The Kier molecular flexibility index (Phi) is 6.50. The smallest absolute Gasteiger partial charge is 0.227 e.